The van der Waals surface area contributed by atoms with Gasteiger partial charge in [-0.05, 0) is 17.4 Å². The van der Waals surface area contributed by atoms with E-state index < -0.39 is 8.07 Å². The first kappa shape index (κ1) is 39.5. The summed E-state index contributed by atoms with van der Waals surface area (Å²) in [5, 5.41) is 1.62. The molecule has 0 heterocycles. The van der Waals surface area contributed by atoms with E-state index in [-0.39, 0.29) is 41.5 Å². The van der Waals surface area contributed by atoms with Crippen LogP contribution in [0.5, 0.6) is 0 Å². The third-order valence-corrected chi connectivity index (χ3v) is 10.6. The van der Waals surface area contributed by atoms with Gasteiger partial charge in [-0.1, -0.05) is 110 Å². The van der Waals surface area contributed by atoms with Gasteiger partial charge in [0.05, 0.1) is 0 Å². The number of hydrogen-bond donors (Lipinski definition) is 0. The van der Waals surface area contributed by atoms with Gasteiger partial charge in [-0.25, -0.2) is 6.07 Å². The minimum atomic E-state index is -1.06. The van der Waals surface area contributed by atoms with E-state index in [1.165, 1.54) is 80.9 Å². The van der Waals surface area contributed by atoms with Gasteiger partial charge in [-0.3, -0.25) is 0 Å². The second kappa shape index (κ2) is 15.7. The van der Waals surface area contributed by atoms with E-state index in [1.807, 2.05) is 3.71 Å². The number of halogens is 3. The van der Waals surface area contributed by atoms with Crippen LogP contribution in [0.3, 0.4) is 0 Å². The monoisotopic (exact) mass is 710 g/mol. The Morgan fingerprint density at radius 2 is 1.37 bits per heavy atom. The minimum absolute atomic E-state index is 0. The quantitative estimate of drug-likeness (QED) is 0.194. The molecule has 0 fully saturated rings. The summed E-state index contributed by atoms with van der Waals surface area (Å²) < 4.78 is 14.2. The fraction of sp³-hybridized carbons (Fsp3) is 0.368. The van der Waals surface area contributed by atoms with Crippen molar-refractivity contribution in [3.8, 4) is 11.1 Å². The zero-order valence-electron chi connectivity index (χ0n) is 27.8. The molecule has 0 saturated carbocycles. The fourth-order valence-electron chi connectivity index (χ4n) is 5.15. The average molecular weight is 713 g/mol. The van der Waals surface area contributed by atoms with Crippen molar-refractivity contribution in [2.75, 3.05) is 0 Å². The van der Waals surface area contributed by atoms with Crippen molar-refractivity contribution in [1.29, 1.82) is 0 Å². The molecule has 0 atom stereocenters. The van der Waals surface area contributed by atoms with Crippen molar-refractivity contribution in [1.82, 2.24) is 0 Å². The molecular weight excluding hydrogens is 666 g/mol. The number of fused-ring (bicyclic) bond motifs is 3. The third kappa shape index (κ3) is 10.8. The molecule has 43 heavy (non-hydrogen) atoms. The molecule has 0 amide bonds. The SMILES string of the molecule is CC(C)(C)c1c[c-]c2c(c1)-c1cc(C(C)(C)C)ccc1C2.Cc1cc([Si](C)(C)C)c(C)[cH-]1.Fc1ccc([CH]=[Zr+2])cc1.[Cl-].[Cl-]. The van der Waals surface area contributed by atoms with Crippen LogP contribution in [0.25, 0.3) is 11.1 Å². The summed E-state index contributed by atoms with van der Waals surface area (Å²) in [6, 6.07) is 26.2. The molecule has 230 valence electrons. The molecule has 0 bridgehead atoms. The molecule has 0 N–H and O–H groups in total. The van der Waals surface area contributed by atoms with Crippen molar-refractivity contribution in [2.24, 2.45) is 0 Å². The van der Waals surface area contributed by atoms with E-state index in [9.17, 15) is 4.39 Å². The van der Waals surface area contributed by atoms with E-state index in [2.05, 4.69) is 124 Å². The minimum Gasteiger partial charge on any atom is -1.00 e. The van der Waals surface area contributed by atoms with Gasteiger partial charge in [0, 0.05) is 8.07 Å². The largest absolute Gasteiger partial charge is 1.00 e. The van der Waals surface area contributed by atoms with Crippen LogP contribution in [0, 0.1) is 25.7 Å². The van der Waals surface area contributed by atoms with Crippen LogP contribution >= 0.6 is 0 Å². The second-order valence-electron chi connectivity index (χ2n) is 14.4. The number of aryl methyl sites for hydroxylation is 2. The maximum atomic E-state index is 12.2. The molecule has 0 spiro atoms. The average Bonchev–Trinajstić information content (AvgIpc) is 3.42. The van der Waals surface area contributed by atoms with Crippen LogP contribution in [-0.2, 0) is 41.5 Å². The first-order chi connectivity index (χ1) is 18.9. The van der Waals surface area contributed by atoms with E-state index in [4.69, 9.17) is 0 Å². The van der Waals surface area contributed by atoms with E-state index in [1.54, 1.807) is 17.3 Å². The number of hydrogen-bond acceptors (Lipinski definition) is 0. The molecule has 0 radical (unpaired) electrons. The summed E-state index contributed by atoms with van der Waals surface area (Å²) in [5.41, 5.74) is 12.8. The van der Waals surface area contributed by atoms with Gasteiger partial charge >= 0.3 is 68.0 Å². The molecule has 1 aliphatic rings. The van der Waals surface area contributed by atoms with Gasteiger partial charge in [0.15, 0.2) is 0 Å². The zero-order valence-corrected chi connectivity index (χ0v) is 32.7. The Kier molecular flexibility index (Phi) is 14.4. The maximum absolute atomic E-state index is 12.2. The fourth-order valence-corrected chi connectivity index (χ4v) is 7.54. The molecule has 0 aromatic heterocycles. The maximum Gasteiger partial charge on any atom is -1.00 e. The Morgan fingerprint density at radius 1 is 0.814 bits per heavy atom. The first-order valence-electron chi connectivity index (χ1n) is 14.6. The van der Waals surface area contributed by atoms with E-state index in [0.29, 0.717) is 0 Å². The van der Waals surface area contributed by atoms with Crippen LogP contribution in [-0.4, -0.2) is 11.8 Å². The Labute approximate surface area is 289 Å². The van der Waals surface area contributed by atoms with Gasteiger partial charge in [-0.2, -0.15) is 51.7 Å². The Morgan fingerprint density at radius 3 is 1.81 bits per heavy atom. The van der Waals surface area contributed by atoms with Crippen LogP contribution in [0.4, 0.5) is 4.39 Å². The Hall–Kier alpha value is -1.51. The van der Waals surface area contributed by atoms with Crippen molar-refractivity contribution in [2.45, 2.75) is 92.3 Å². The molecule has 1 aliphatic carbocycles. The summed E-state index contributed by atoms with van der Waals surface area (Å²) in [4.78, 5) is 0. The predicted molar refractivity (Wildman–Crippen MR) is 177 cm³/mol. The second-order valence-corrected chi connectivity index (χ2v) is 20.2. The van der Waals surface area contributed by atoms with Gasteiger partial charge in [0.25, 0.3) is 0 Å². The smallest absolute Gasteiger partial charge is 1.00 e. The Bertz CT molecular complexity index is 1440. The van der Waals surface area contributed by atoms with Gasteiger partial charge in [0.2, 0.25) is 0 Å². The van der Waals surface area contributed by atoms with Crippen molar-refractivity contribution in [3.63, 3.8) is 0 Å². The molecule has 0 nitrogen and oxygen atoms in total. The summed E-state index contributed by atoms with van der Waals surface area (Å²) >= 11 is 1.34. The van der Waals surface area contributed by atoms with Crippen LogP contribution in [0.1, 0.15) is 80.5 Å². The molecule has 4 aromatic carbocycles. The van der Waals surface area contributed by atoms with Gasteiger partial charge < -0.3 is 24.8 Å². The standard InChI is InChI=1S/C21H25.C10H17Si.C7H5F.2ClH.Zr/c1-20(2,3)16-9-7-14-11-15-8-10-17(21(4,5)6)13-19(15)18(14)12-16;1-8-6-9(2)10(7-8)11(3,4)5;1-6-2-4-7(8)5-3-6;;;/h7,9-10,12-13H,11H2,1-6H3;6-7H,1-5H3;1-5H;2*1H;/q2*-1;;;;+2/p-2. The van der Waals surface area contributed by atoms with Crippen LogP contribution < -0.4 is 30.0 Å². The summed E-state index contributed by atoms with van der Waals surface area (Å²) in [7, 11) is -1.06. The van der Waals surface area contributed by atoms with Crippen LogP contribution in [0.15, 0.2) is 66.7 Å². The summed E-state index contributed by atoms with van der Waals surface area (Å²) in [5.74, 6) is -0.170. The Balaban J connectivity index is 0.000000356. The normalized spacial score (nSPS) is 11.9. The van der Waals surface area contributed by atoms with Crippen molar-refractivity contribution < 1.29 is 53.4 Å². The summed E-state index contributed by atoms with van der Waals surface area (Å²) in [6.45, 7) is 25.2. The molecular formula is C38H47Cl2FSiZr-2. The van der Waals surface area contributed by atoms with E-state index in [0.717, 1.165) is 12.0 Å². The predicted octanol–water partition coefficient (Wildman–Crippen LogP) is 3.75. The molecule has 0 saturated heterocycles. The molecule has 4 aromatic rings. The number of rotatable bonds is 2. The van der Waals surface area contributed by atoms with Gasteiger partial charge in [-0.15, -0.1) is 5.56 Å². The topological polar surface area (TPSA) is 0 Å². The van der Waals surface area contributed by atoms with Crippen molar-refractivity contribution in [3.05, 3.63) is 118 Å². The van der Waals surface area contributed by atoms with Crippen molar-refractivity contribution >= 4 is 17.0 Å². The zero-order chi connectivity index (χ0) is 30.8. The van der Waals surface area contributed by atoms with E-state index >= 15 is 0 Å². The number of benzene rings is 3. The third-order valence-electron chi connectivity index (χ3n) is 7.61. The van der Waals surface area contributed by atoms with Crippen LogP contribution in [0.2, 0.25) is 19.6 Å². The molecule has 5 heteroatoms. The first-order valence-corrected chi connectivity index (χ1v) is 19.5. The summed E-state index contributed by atoms with van der Waals surface area (Å²) in [6.07, 6.45) is 1.03. The molecule has 0 aliphatic heterocycles. The molecule has 0 unspecified atom stereocenters. The molecule has 5 rings (SSSR count). The van der Waals surface area contributed by atoms with Gasteiger partial charge in [0.1, 0.15) is 0 Å².